The molecule has 10 nitrogen and oxygen atoms in total. The second-order valence-corrected chi connectivity index (χ2v) is 7.51. The molecule has 0 atom stereocenters. The highest BCUT2D eigenvalue weighted by molar-refractivity contribution is 5.93. The van der Waals surface area contributed by atoms with Crippen molar-refractivity contribution in [1.82, 2.24) is 14.7 Å². The van der Waals surface area contributed by atoms with Crippen molar-refractivity contribution in [3.8, 4) is 17.2 Å². The number of hydrogen-bond donors (Lipinski definition) is 1. The van der Waals surface area contributed by atoms with E-state index in [1.165, 1.54) is 21.3 Å². The van der Waals surface area contributed by atoms with Crippen LogP contribution in [0.4, 0.5) is 5.69 Å². The number of piperazine rings is 1. The summed E-state index contributed by atoms with van der Waals surface area (Å²) in [5.41, 5.74) is 0.568. The number of amides is 2. The normalized spacial score (nSPS) is 17.8. The van der Waals surface area contributed by atoms with Gasteiger partial charge in [0.2, 0.25) is 17.6 Å². The predicted octanol–water partition coefficient (Wildman–Crippen LogP) is 0.127. The molecule has 0 unspecified atom stereocenters. The van der Waals surface area contributed by atoms with E-state index in [0.29, 0.717) is 68.9 Å². The number of anilines is 1. The highest BCUT2D eigenvalue weighted by atomic mass is 16.5. The zero-order chi connectivity index (χ0) is 22.2. The molecule has 0 radical (unpaired) electrons. The van der Waals surface area contributed by atoms with E-state index < -0.39 is 0 Å². The third-order valence-corrected chi connectivity index (χ3v) is 5.50. The standard InChI is InChI=1S/C21H32N4O6/c1-28-17-12-16(13-18(29-2)21(17)30-3)22-19(26)14-23-4-6-25(7-5-23)20(27)15-24-8-10-31-11-9-24/h12-13H,4-11,14-15H2,1-3H3,(H,22,26). The zero-order valence-corrected chi connectivity index (χ0v) is 18.5. The summed E-state index contributed by atoms with van der Waals surface area (Å²) in [6, 6.07) is 3.39. The minimum atomic E-state index is -0.137. The predicted molar refractivity (Wildman–Crippen MR) is 115 cm³/mol. The maximum Gasteiger partial charge on any atom is 0.238 e. The summed E-state index contributed by atoms with van der Waals surface area (Å²) in [6.07, 6.45) is 0. The van der Waals surface area contributed by atoms with Crippen LogP contribution in [0, 0.1) is 0 Å². The monoisotopic (exact) mass is 436 g/mol. The van der Waals surface area contributed by atoms with Crippen LogP contribution in [0.5, 0.6) is 17.2 Å². The summed E-state index contributed by atoms with van der Waals surface area (Å²) in [5, 5.41) is 2.88. The van der Waals surface area contributed by atoms with Crippen molar-refractivity contribution in [2.24, 2.45) is 0 Å². The lowest BCUT2D eigenvalue weighted by atomic mass is 10.2. The Morgan fingerprint density at radius 1 is 0.871 bits per heavy atom. The lowest BCUT2D eigenvalue weighted by Crippen LogP contribution is -2.53. The average molecular weight is 437 g/mol. The Kier molecular flexibility index (Phi) is 8.33. The fourth-order valence-electron chi connectivity index (χ4n) is 3.76. The minimum absolute atomic E-state index is 0.137. The number of ether oxygens (including phenoxy) is 4. The van der Waals surface area contributed by atoms with Crippen LogP contribution in [-0.4, -0.2) is 113 Å². The van der Waals surface area contributed by atoms with Gasteiger partial charge in [0.1, 0.15) is 0 Å². The SMILES string of the molecule is COc1cc(NC(=O)CN2CCN(C(=O)CN3CCOCC3)CC2)cc(OC)c1OC. The van der Waals surface area contributed by atoms with Crippen molar-refractivity contribution < 1.29 is 28.5 Å². The largest absolute Gasteiger partial charge is 0.493 e. The van der Waals surface area contributed by atoms with Gasteiger partial charge in [-0.05, 0) is 0 Å². The van der Waals surface area contributed by atoms with Gasteiger partial charge in [-0.15, -0.1) is 0 Å². The van der Waals surface area contributed by atoms with E-state index in [4.69, 9.17) is 18.9 Å². The molecule has 1 aromatic carbocycles. The van der Waals surface area contributed by atoms with Crippen molar-refractivity contribution in [2.45, 2.75) is 0 Å². The van der Waals surface area contributed by atoms with Crippen molar-refractivity contribution in [2.75, 3.05) is 92.2 Å². The number of rotatable bonds is 8. The molecule has 0 spiro atoms. The molecule has 172 valence electrons. The van der Waals surface area contributed by atoms with E-state index >= 15 is 0 Å². The number of nitrogens with one attached hydrogen (secondary N) is 1. The number of methoxy groups -OCH3 is 3. The zero-order valence-electron chi connectivity index (χ0n) is 18.5. The molecule has 2 aliphatic rings. The summed E-state index contributed by atoms with van der Waals surface area (Å²) in [5.74, 6) is 1.43. The average Bonchev–Trinajstić information content (AvgIpc) is 2.79. The molecule has 0 aromatic heterocycles. The van der Waals surface area contributed by atoms with Gasteiger partial charge < -0.3 is 29.2 Å². The van der Waals surface area contributed by atoms with Crippen molar-refractivity contribution in [3.05, 3.63) is 12.1 Å². The Morgan fingerprint density at radius 3 is 2.00 bits per heavy atom. The van der Waals surface area contributed by atoms with Crippen LogP contribution in [0.3, 0.4) is 0 Å². The van der Waals surface area contributed by atoms with Crippen LogP contribution in [0.2, 0.25) is 0 Å². The third-order valence-electron chi connectivity index (χ3n) is 5.50. The highest BCUT2D eigenvalue weighted by Gasteiger charge is 2.24. The number of benzene rings is 1. The maximum atomic E-state index is 12.5. The van der Waals surface area contributed by atoms with Crippen LogP contribution >= 0.6 is 0 Å². The van der Waals surface area contributed by atoms with Gasteiger partial charge in [-0.3, -0.25) is 19.4 Å². The third kappa shape index (κ3) is 6.22. The molecular formula is C21H32N4O6. The molecule has 2 aliphatic heterocycles. The first-order chi connectivity index (χ1) is 15.0. The number of carbonyl (C=O) groups is 2. The molecule has 2 fully saturated rings. The van der Waals surface area contributed by atoms with Crippen molar-refractivity contribution in [1.29, 1.82) is 0 Å². The van der Waals surface area contributed by atoms with Crippen LogP contribution in [0.15, 0.2) is 12.1 Å². The van der Waals surface area contributed by atoms with Gasteiger partial charge in [-0.2, -0.15) is 0 Å². The Hall–Kier alpha value is -2.56. The van der Waals surface area contributed by atoms with Gasteiger partial charge in [-0.1, -0.05) is 0 Å². The quantitative estimate of drug-likeness (QED) is 0.615. The van der Waals surface area contributed by atoms with Gasteiger partial charge in [-0.25, -0.2) is 0 Å². The van der Waals surface area contributed by atoms with Crippen LogP contribution < -0.4 is 19.5 Å². The molecule has 2 heterocycles. The molecule has 0 bridgehead atoms. The van der Waals surface area contributed by atoms with Gasteiger partial charge >= 0.3 is 0 Å². The summed E-state index contributed by atoms with van der Waals surface area (Å²) in [4.78, 5) is 31.1. The maximum absolute atomic E-state index is 12.5. The van der Waals surface area contributed by atoms with E-state index in [9.17, 15) is 9.59 Å². The molecule has 3 rings (SSSR count). The van der Waals surface area contributed by atoms with Gasteiger partial charge in [0.25, 0.3) is 0 Å². The lowest BCUT2D eigenvalue weighted by molar-refractivity contribution is -0.135. The van der Waals surface area contributed by atoms with E-state index in [2.05, 4.69) is 10.2 Å². The molecule has 0 saturated carbocycles. The second kappa shape index (κ2) is 11.2. The van der Waals surface area contributed by atoms with Gasteiger partial charge in [0.15, 0.2) is 11.5 Å². The molecule has 1 aromatic rings. The smallest absolute Gasteiger partial charge is 0.238 e. The summed E-state index contributed by atoms with van der Waals surface area (Å²) in [6.45, 7) is 6.23. The number of hydrogen-bond acceptors (Lipinski definition) is 8. The Bertz CT molecular complexity index is 735. The van der Waals surface area contributed by atoms with E-state index in [-0.39, 0.29) is 18.4 Å². The van der Waals surface area contributed by atoms with Crippen molar-refractivity contribution in [3.63, 3.8) is 0 Å². The molecule has 10 heteroatoms. The van der Waals surface area contributed by atoms with E-state index in [1.54, 1.807) is 12.1 Å². The molecular weight excluding hydrogens is 404 g/mol. The Morgan fingerprint density at radius 2 is 1.45 bits per heavy atom. The summed E-state index contributed by atoms with van der Waals surface area (Å²) >= 11 is 0. The molecule has 1 N–H and O–H groups in total. The Labute approximate surface area is 183 Å². The fourth-order valence-corrected chi connectivity index (χ4v) is 3.76. The fraction of sp³-hybridized carbons (Fsp3) is 0.619. The van der Waals surface area contributed by atoms with E-state index in [0.717, 1.165) is 13.1 Å². The number of morpholine rings is 1. The highest BCUT2D eigenvalue weighted by Crippen LogP contribution is 2.39. The second-order valence-electron chi connectivity index (χ2n) is 7.51. The number of nitrogens with zero attached hydrogens (tertiary/aromatic N) is 3. The van der Waals surface area contributed by atoms with Crippen LogP contribution in [0.25, 0.3) is 0 Å². The molecule has 2 amide bonds. The molecule has 31 heavy (non-hydrogen) atoms. The van der Waals surface area contributed by atoms with Crippen LogP contribution in [0.1, 0.15) is 0 Å². The van der Waals surface area contributed by atoms with Crippen molar-refractivity contribution >= 4 is 17.5 Å². The Balaban J connectivity index is 1.47. The van der Waals surface area contributed by atoms with Gasteiger partial charge in [0.05, 0.1) is 47.6 Å². The lowest BCUT2D eigenvalue weighted by Gasteiger charge is -2.36. The van der Waals surface area contributed by atoms with Gasteiger partial charge in [0, 0.05) is 57.1 Å². The first-order valence-corrected chi connectivity index (χ1v) is 10.4. The van der Waals surface area contributed by atoms with Crippen LogP contribution in [-0.2, 0) is 14.3 Å². The first-order valence-electron chi connectivity index (χ1n) is 10.4. The van der Waals surface area contributed by atoms with E-state index in [1.807, 2.05) is 9.80 Å². The molecule has 0 aliphatic carbocycles. The topological polar surface area (TPSA) is 92.8 Å². The summed E-state index contributed by atoms with van der Waals surface area (Å²) in [7, 11) is 4.59. The first kappa shape index (κ1) is 23.1. The minimum Gasteiger partial charge on any atom is -0.493 e. The number of carbonyl (C=O) groups excluding carboxylic acids is 2. The molecule has 2 saturated heterocycles. The summed E-state index contributed by atoms with van der Waals surface area (Å²) < 4.78 is 21.3.